The second-order valence-electron chi connectivity index (χ2n) is 2.56. The summed E-state index contributed by atoms with van der Waals surface area (Å²) < 4.78 is 6.15. The molecular formula is C11H8BrNO. The number of ether oxygens (including phenoxy) is 1. The molecule has 0 bridgehead atoms. The van der Waals surface area contributed by atoms with Crippen molar-refractivity contribution >= 4 is 15.9 Å². The first-order valence-electron chi connectivity index (χ1n) is 4.04. The molecule has 0 saturated carbocycles. The van der Waals surface area contributed by atoms with Gasteiger partial charge in [-0.2, -0.15) is 5.26 Å². The molecular weight excluding hydrogens is 242 g/mol. The van der Waals surface area contributed by atoms with Crippen molar-refractivity contribution in [2.75, 3.05) is 6.61 Å². The van der Waals surface area contributed by atoms with Gasteiger partial charge in [-0.1, -0.05) is 0 Å². The summed E-state index contributed by atoms with van der Waals surface area (Å²) in [5.41, 5.74) is 0.598. The molecule has 14 heavy (non-hydrogen) atoms. The minimum atomic E-state index is 0.487. The van der Waals surface area contributed by atoms with Gasteiger partial charge in [-0.3, -0.25) is 0 Å². The molecule has 0 radical (unpaired) electrons. The van der Waals surface area contributed by atoms with Gasteiger partial charge in [0.1, 0.15) is 5.75 Å². The average Bonchev–Trinajstić information content (AvgIpc) is 2.20. The Bertz CT molecular complexity index is 401. The van der Waals surface area contributed by atoms with Gasteiger partial charge in [-0.15, -0.1) is 12.3 Å². The second-order valence-corrected chi connectivity index (χ2v) is 3.41. The molecule has 3 heteroatoms. The monoisotopic (exact) mass is 249 g/mol. The minimum absolute atomic E-state index is 0.487. The molecule has 0 N–H and O–H groups in total. The zero-order chi connectivity index (χ0) is 10.4. The molecule has 0 aliphatic carbocycles. The molecule has 0 heterocycles. The predicted octanol–water partition coefficient (Wildman–Crippen LogP) is 2.72. The van der Waals surface area contributed by atoms with E-state index in [0.29, 0.717) is 24.3 Å². The highest BCUT2D eigenvalue weighted by atomic mass is 79.9. The Morgan fingerprint density at radius 1 is 1.50 bits per heavy atom. The summed E-state index contributed by atoms with van der Waals surface area (Å²) in [5, 5.41) is 8.63. The van der Waals surface area contributed by atoms with Crippen LogP contribution in [0.15, 0.2) is 22.7 Å². The van der Waals surface area contributed by atoms with Crippen molar-refractivity contribution in [3.8, 4) is 24.2 Å². The van der Waals surface area contributed by atoms with Crippen LogP contribution in [-0.4, -0.2) is 6.61 Å². The van der Waals surface area contributed by atoms with Crippen LogP contribution >= 0.6 is 15.9 Å². The van der Waals surface area contributed by atoms with Crippen LogP contribution < -0.4 is 4.74 Å². The fourth-order valence-electron chi connectivity index (χ4n) is 0.907. The van der Waals surface area contributed by atoms with E-state index in [-0.39, 0.29) is 0 Å². The van der Waals surface area contributed by atoms with Gasteiger partial charge in [-0.25, -0.2) is 0 Å². The molecule has 0 atom stereocenters. The third-order valence-electron chi connectivity index (χ3n) is 1.56. The predicted molar refractivity (Wildman–Crippen MR) is 57.8 cm³/mol. The van der Waals surface area contributed by atoms with Crippen LogP contribution in [0.5, 0.6) is 5.75 Å². The Balaban J connectivity index is 2.71. The van der Waals surface area contributed by atoms with Crippen LogP contribution in [0.1, 0.15) is 12.0 Å². The SMILES string of the molecule is C#CCCOc1ccc(C#N)cc1Br. The largest absolute Gasteiger partial charge is 0.491 e. The highest BCUT2D eigenvalue weighted by molar-refractivity contribution is 9.10. The molecule has 0 amide bonds. The van der Waals surface area contributed by atoms with E-state index in [1.54, 1.807) is 18.2 Å². The van der Waals surface area contributed by atoms with Crippen molar-refractivity contribution in [3.05, 3.63) is 28.2 Å². The van der Waals surface area contributed by atoms with Gasteiger partial charge >= 0.3 is 0 Å². The fraction of sp³-hybridized carbons (Fsp3) is 0.182. The summed E-state index contributed by atoms with van der Waals surface area (Å²) in [6.45, 7) is 0.487. The van der Waals surface area contributed by atoms with E-state index >= 15 is 0 Å². The molecule has 1 rings (SSSR count). The number of nitriles is 1. The molecule has 2 nitrogen and oxygen atoms in total. The zero-order valence-corrected chi connectivity index (χ0v) is 9.04. The second kappa shape index (κ2) is 5.32. The summed E-state index contributed by atoms with van der Waals surface area (Å²) in [6.07, 6.45) is 5.67. The maximum Gasteiger partial charge on any atom is 0.133 e. The highest BCUT2D eigenvalue weighted by Crippen LogP contribution is 2.25. The molecule has 0 aromatic heterocycles. The van der Waals surface area contributed by atoms with Crippen molar-refractivity contribution < 1.29 is 4.74 Å². The summed E-state index contributed by atoms with van der Waals surface area (Å²) in [6, 6.07) is 7.21. The van der Waals surface area contributed by atoms with Crippen LogP contribution in [0.3, 0.4) is 0 Å². The molecule has 0 aliphatic heterocycles. The Morgan fingerprint density at radius 2 is 2.29 bits per heavy atom. The Hall–Kier alpha value is -1.45. The summed E-state index contributed by atoms with van der Waals surface area (Å²) in [5.74, 6) is 3.19. The maximum absolute atomic E-state index is 8.63. The van der Waals surface area contributed by atoms with Gasteiger partial charge in [0.05, 0.1) is 22.7 Å². The van der Waals surface area contributed by atoms with E-state index in [2.05, 4.69) is 21.9 Å². The topological polar surface area (TPSA) is 33.0 Å². The molecule has 0 unspecified atom stereocenters. The first-order chi connectivity index (χ1) is 6.77. The van der Waals surface area contributed by atoms with Crippen LogP contribution in [0.2, 0.25) is 0 Å². The highest BCUT2D eigenvalue weighted by Gasteiger charge is 2.01. The quantitative estimate of drug-likeness (QED) is 0.610. The molecule has 1 aromatic rings. The lowest BCUT2D eigenvalue weighted by molar-refractivity contribution is 0.325. The first-order valence-corrected chi connectivity index (χ1v) is 4.83. The van der Waals surface area contributed by atoms with Crippen LogP contribution in [-0.2, 0) is 0 Å². The summed E-state index contributed by atoms with van der Waals surface area (Å²) in [7, 11) is 0. The van der Waals surface area contributed by atoms with E-state index in [4.69, 9.17) is 16.4 Å². The molecule has 0 fully saturated rings. The number of hydrogen-bond donors (Lipinski definition) is 0. The van der Waals surface area contributed by atoms with Crippen molar-refractivity contribution in [3.63, 3.8) is 0 Å². The van der Waals surface area contributed by atoms with Gasteiger partial charge in [0, 0.05) is 6.42 Å². The van der Waals surface area contributed by atoms with Crippen LogP contribution in [0.25, 0.3) is 0 Å². The van der Waals surface area contributed by atoms with Crippen molar-refractivity contribution in [1.82, 2.24) is 0 Å². The third kappa shape index (κ3) is 2.80. The van der Waals surface area contributed by atoms with Gasteiger partial charge in [0.15, 0.2) is 0 Å². The van der Waals surface area contributed by atoms with Gasteiger partial charge in [0.25, 0.3) is 0 Å². The maximum atomic E-state index is 8.63. The third-order valence-corrected chi connectivity index (χ3v) is 2.18. The van der Waals surface area contributed by atoms with Crippen LogP contribution in [0, 0.1) is 23.7 Å². The minimum Gasteiger partial charge on any atom is -0.491 e. The van der Waals surface area contributed by atoms with Gasteiger partial charge in [0.2, 0.25) is 0 Å². The normalized spacial score (nSPS) is 8.79. The molecule has 0 spiro atoms. The lowest BCUT2D eigenvalue weighted by Crippen LogP contribution is -1.96. The number of rotatable bonds is 3. The summed E-state index contributed by atoms with van der Waals surface area (Å²) >= 11 is 3.31. The number of terminal acetylenes is 1. The Labute approximate surface area is 91.6 Å². The fourth-order valence-corrected chi connectivity index (χ4v) is 1.40. The standard InChI is InChI=1S/C11H8BrNO/c1-2-3-6-14-11-5-4-9(8-13)7-10(11)12/h1,4-5,7H,3,6H2. The van der Waals surface area contributed by atoms with Crippen molar-refractivity contribution in [1.29, 1.82) is 5.26 Å². The lowest BCUT2D eigenvalue weighted by atomic mass is 10.2. The van der Waals surface area contributed by atoms with E-state index in [1.165, 1.54) is 0 Å². The smallest absolute Gasteiger partial charge is 0.133 e. The number of nitrogens with zero attached hydrogens (tertiary/aromatic N) is 1. The van der Waals surface area contributed by atoms with Gasteiger partial charge < -0.3 is 4.74 Å². The Morgan fingerprint density at radius 3 is 2.86 bits per heavy atom. The average molecular weight is 250 g/mol. The molecule has 0 aliphatic rings. The van der Waals surface area contributed by atoms with Crippen LogP contribution in [0.4, 0.5) is 0 Å². The van der Waals surface area contributed by atoms with Crippen molar-refractivity contribution in [2.45, 2.75) is 6.42 Å². The van der Waals surface area contributed by atoms with Gasteiger partial charge in [-0.05, 0) is 34.1 Å². The Kier molecular flexibility index (Phi) is 4.04. The zero-order valence-electron chi connectivity index (χ0n) is 7.46. The number of halogens is 1. The lowest BCUT2D eigenvalue weighted by Gasteiger charge is -2.05. The van der Waals surface area contributed by atoms with E-state index < -0.39 is 0 Å². The summed E-state index contributed by atoms with van der Waals surface area (Å²) in [4.78, 5) is 0. The number of benzene rings is 1. The van der Waals surface area contributed by atoms with E-state index in [9.17, 15) is 0 Å². The molecule has 0 saturated heterocycles. The molecule has 1 aromatic carbocycles. The molecule has 70 valence electrons. The van der Waals surface area contributed by atoms with E-state index in [1.807, 2.05) is 6.07 Å². The first kappa shape index (κ1) is 10.6. The van der Waals surface area contributed by atoms with Crippen molar-refractivity contribution in [2.24, 2.45) is 0 Å². The number of hydrogen-bond acceptors (Lipinski definition) is 2. The van der Waals surface area contributed by atoms with E-state index in [0.717, 1.165) is 4.47 Å².